The molecule has 0 atom stereocenters. The van der Waals surface area contributed by atoms with Crippen molar-refractivity contribution in [3.05, 3.63) is 28.2 Å². The SMILES string of the molecule is CN(C)C1CN(C(=O)c2cc(Br)cc(OC(F)(F)F)c2)C1. The van der Waals surface area contributed by atoms with Crippen LogP contribution in [0.5, 0.6) is 5.75 Å². The summed E-state index contributed by atoms with van der Waals surface area (Å²) < 4.78 is 40.9. The second-order valence-corrected chi connectivity index (χ2v) is 5.97. The number of likely N-dealkylation sites (N-methyl/N-ethyl adjacent to an activating group) is 1. The minimum atomic E-state index is -4.78. The molecule has 116 valence electrons. The Morgan fingerprint density at radius 1 is 1.33 bits per heavy atom. The lowest BCUT2D eigenvalue weighted by Gasteiger charge is -2.42. The zero-order chi connectivity index (χ0) is 15.8. The number of nitrogens with zero attached hydrogens (tertiary/aromatic N) is 2. The van der Waals surface area contributed by atoms with Crippen LogP contribution < -0.4 is 4.74 Å². The van der Waals surface area contributed by atoms with E-state index in [1.54, 1.807) is 4.90 Å². The van der Waals surface area contributed by atoms with Gasteiger partial charge in [-0.2, -0.15) is 0 Å². The van der Waals surface area contributed by atoms with Crippen LogP contribution in [0.2, 0.25) is 0 Å². The normalized spacial score (nSPS) is 16.0. The van der Waals surface area contributed by atoms with Crippen molar-refractivity contribution >= 4 is 21.8 Å². The van der Waals surface area contributed by atoms with Crippen molar-refractivity contribution in [2.45, 2.75) is 12.4 Å². The van der Waals surface area contributed by atoms with E-state index in [1.807, 2.05) is 19.0 Å². The molecule has 0 radical (unpaired) electrons. The van der Waals surface area contributed by atoms with Gasteiger partial charge < -0.3 is 14.5 Å². The van der Waals surface area contributed by atoms with Crippen molar-refractivity contribution < 1.29 is 22.7 Å². The zero-order valence-corrected chi connectivity index (χ0v) is 13.0. The molecule has 1 aromatic rings. The maximum Gasteiger partial charge on any atom is 0.573 e. The van der Waals surface area contributed by atoms with Gasteiger partial charge in [-0.1, -0.05) is 15.9 Å². The summed E-state index contributed by atoms with van der Waals surface area (Å²) in [5.74, 6) is -0.716. The minimum absolute atomic E-state index is 0.167. The standard InChI is InChI=1S/C13H14BrF3N2O2/c1-18(2)10-6-19(7-10)12(20)8-3-9(14)5-11(4-8)21-13(15,16)17/h3-5,10H,6-7H2,1-2H3. The summed E-state index contributed by atoms with van der Waals surface area (Å²) in [6.07, 6.45) is -4.78. The smallest absolute Gasteiger partial charge is 0.406 e. The monoisotopic (exact) mass is 366 g/mol. The van der Waals surface area contributed by atoms with Crippen LogP contribution in [0.1, 0.15) is 10.4 Å². The molecule has 0 aromatic heterocycles. The molecular weight excluding hydrogens is 353 g/mol. The molecule has 1 fully saturated rings. The highest BCUT2D eigenvalue weighted by molar-refractivity contribution is 9.10. The summed E-state index contributed by atoms with van der Waals surface area (Å²) in [7, 11) is 3.84. The Balaban J connectivity index is 2.11. The Kier molecular flexibility index (Phi) is 4.48. The van der Waals surface area contributed by atoms with E-state index in [-0.39, 0.29) is 17.5 Å². The molecule has 1 aromatic carbocycles. The third-order valence-corrected chi connectivity index (χ3v) is 3.69. The van der Waals surface area contributed by atoms with E-state index in [1.165, 1.54) is 12.1 Å². The quantitative estimate of drug-likeness (QED) is 0.824. The van der Waals surface area contributed by atoms with Gasteiger partial charge in [-0.05, 0) is 32.3 Å². The maximum atomic E-state index is 12.2. The van der Waals surface area contributed by atoms with Crippen LogP contribution in [-0.2, 0) is 0 Å². The first-order valence-electron chi connectivity index (χ1n) is 6.18. The van der Waals surface area contributed by atoms with Gasteiger partial charge in [-0.3, -0.25) is 4.79 Å². The molecule has 0 unspecified atom stereocenters. The third-order valence-electron chi connectivity index (χ3n) is 3.23. The molecule has 21 heavy (non-hydrogen) atoms. The first-order valence-corrected chi connectivity index (χ1v) is 6.97. The van der Waals surface area contributed by atoms with Gasteiger partial charge in [0.25, 0.3) is 5.91 Å². The lowest BCUT2D eigenvalue weighted by Crippen LogP contribution is -2.59. The van der Waals surface area contributed by atoms with Gasteiger partial charge in [0.1, 0.15) is 5.75 Å². The van der Waals surface area contributed by atoms with Gasteiger partial charge in [-0.15, -0.1) is 13.2 Å². The highest BCUT2D eigenvalue weighted by Crippen LogP contribution is 2.28. The van der Waals surface area contributed by atoms with Crippen molar-refractivity contribution in [2.75, 3.05) is 27.2 Å². The second kappa shape index (κ2) is 5.84. The molecule has 8 heteroatoms. The Labute approximate surface area is 128 Å². The number of carbonyl (C=O) groups excluding carboxylic acids is 1. The topological polar surface area (TPSA) is 32.8 Å². The van der Waals surface area contributed by atoms with Crippen molar-refractivity contribution in [1.29, 1.82) is 0 Å². The fraction of sp³-hybridized carbons (Fsp3) is 0.462. The van der Waals surface area contributed by atoms with Crippen LogP contribution in [0.15, 0.2) is 22.7 Å². The van der Waals surface area contributed by atoms with Gasteiger partial charge in [-0.25, -0.2) is 0 Å². The van der Waals surface area contributed by atoms with Gasteiger partial charge >= 0.3 is 6.36 Å². The Morgan fingerprint density at radius 3 is 2.48 bits per heavy atom. The molecule has 1 amide bonds. The average Bonchev–Trinajstić information content (AvgIpc) is 2.22. The lowest BCUT2D eigenvalue weighted by atomic mass is 10.1. The summed E-state index contributed by atoms with van der Waals surface area (Å²) in [4.78, 5) is 15.8. The van der Waals surface area contributed by atoms with E-state index < -0.39 is 12.1 Å². The van der Waals surface area contributed by atoms with Crippen LogP contribution in [0.4, 0.5) is 13.2 Å². The zero-order valence-electron chi connectivity index (χ0n) is 11.4. The predicted molar refractivity (Wildman–Crippen MR) is 74.2 cm³/mol. The lowest BCUT2D eigenvalue weighted by molar-refractivity contribution is -0.274. The maximum absolute atomic E-state index is 12.2. The second-order valence-electron chi connectivity index (χ2n) is 5.05. The molecule has 4 nitrogen and oxygen atoms in total. The molecule has 2 rings (SSSR count). The summed E-state index contributed by atoms with van der Waals surface area (Å²) >= 11 is 3.09. The highest BCUT2D eigenvalue weighted by Gasteiger charge is 2.34. The molecule has 1 saturated heterocycles. The Bertz CT molecular complexity index is 543. The minimum Gasteiger partial charge on any atom is -0.406 e. The van der Waals surface area contributed by atoms with E-state index in [4.69, 9.17) is 0 Å². The fourth-order valence-corrected chi connectivity index (χ4v) is 2.48. The van der Waals surface area contributed by atoms with Crippen LogP contribution >= 0.6 is 15.9 Å². The average molecular weight is 367 g/mol. The van der Waals surface area contributed by atoms with Crippen LogP contribution in [0, 0.1) is 0 Å². The highest BCUT2D eigenvalue weighted by atomic mass is 79.9. The van der Waals surface area contributed by atoms with Crippen molar-refractivity contribution in [2.24, 2.45) is 0 Å². The molecule has 1 heterocycles. The molecule has 0 saturated carbocycles. The number of amides is 1. The molecule has 0 spiro atoms. The van der Waals surface area contributed by atoms with E-state index in [0.717, 1.165) is 6.07 Å². The molecule has 1 aliphatic rings. The molecular formula is C13H14BrF3N2O2. The number of rotatable bonds is 3. The molecule has 1 aliphatic heterocycles. The number of ether oxygens (including phenoxy) is 1. The largest absolute Gasteiger partial charge is 0.573 e. The summed E-state index contributed by atoms with van der Waals surface area (Å²) in [5, 5.41) is 0. The van der Waals surface area contributed by atoms with Crippen LogP contribution in [0.3, 0.4) is 0 Å². The van der Waals surface area contributed by atoms with E-state index >= 15 is 0 Å². The third kappa shape index (κ3) is 4.10. The van der Waals surface area contributed by atoms with Crippen molar-refractivity contribution in [3.63, 3.8) is 0 Å². The molecule has 0 N–H and O–H groups in total. The number of likely N-dealkylation sites (tertiary alicyclic amines) is 1. The predicted octanol–water partition coefficient (Wildman–Crippen LogP) is 2.73. The fourth-order valence-electron chi connectivity index (χ4n) is 2.01. The molecule has 0 bridgehead atoms. The van der Waals surface area contributed by atoms with E-state index in [2.05, 4.69) is 20.7 Å². The van der Waals surface area contributed by atoms with Gasteiger partial charge in [0.05, 0.1) is 0 Å². The van der Waals surface area contributed by atoms with Crippen molar-refractivity contribution in [1.82, 2.24) is 9.80 Å². The first kappa shape index (κ1) is 16.1. The number of hydrogen-bond acceptors (Lipinski definition) is 3. The Hall–Kier alpha value is -1.28. The summed E-state index contributed by atoms with van der Waals surface area (Å²) in [6, 6.07) is 4.04. The van der Waals surface area contributed by atoms with Gasteiger partial charge in [0, 0.05) is 29.2 Å². The van der Waals surface area contributed by atoms with Gasteiger partial charge in [0.2, 0.25) is 0 Å². The number of carbonyl (C=O) groups is 1. The van der Waals surface area contributed by atoms with Crippen LogP contribution in [0.25, 0.3) is 0 Å². The molecule has 0 aliphatic carbocycles. The number of hydrogen-bond donors (Lipinski definition) is 0. The Morgan fingerprint density at radius 2 is 1.95 bits per heavy atom. The number of benzene rings is 1. The summed E-state index contributed by atoms with van der Waals surface area (Å²) in [6.45, 7) is 1.13. The number of alkyl halides is 3. The first-order chi connectivity index (χ1) is 9.65. The van der Waals surface area contributed by atoms with E-state index in [0.29, 0.717) is 17.6 Å². The van der Waals surface area contributed by atoms with Gasteiger partial charge in [0.15, 0.2) is 0 Å². The van der Waals surface area contributed by atoms with E-state index in [9.17, 15) is 18.0 Å². The van der Waals surface area contributed by atoms with Crippen molar-refractivity contribution in [3.8, 4) is 5.75 Å². The number of halogens is 4. The summed E-state index contributed by atoms with van der Waals surface area (Å²) in [5.41, 5.74) is 0.167. The van der Waals surface area contributed by atoms with Crippen LogP contribution in [-0.4, -0.2) is 55.3 Å².